The predicted molar refractivity (Wildman–Crippen MR) is 71.1 cm³/mol. The Balaban J connectivity index is 3.88. The van der Waals surface area contributed by atoms with Crippen molar-refractivity contribution in [3.8, 4) is 0 Å². The molecule has 1 unspecified atom stereocenters. The minimum absolute atomic E-state index is 0.0119. The number of nitrogens with one attached hydrogen (secondary N) is 2. The molecule has 1 amide bonds. The van der Waals surface area contributed by atoms with Crippen LogP contribution in [-0.2, 0) is 9.53 Å². The van der Waals surface area contributed by atoms with E-state index in [1.165, 1.54) is 0 Å². The second-order valence-electron chi connectivity index (χ2n) is 5.14. The Morgan fingerprint density at radius 3 is 2.59 bits per heavy atom. The van der Waals surface area contributed by atoms with Gasteiger partial charge < -0.3 is 15.4 Å². The maximum absolute atomic E-state index is 11.8. The molecule has 0 aromatic rings. The van der Waals surface area contributed by atoms with Crippen molar-refractivity contribution in [2.75, 3.05) is 20.3 Å². The number of carbonyl (C=O) groups excluding carboxylic acids is 1. The maximum Gasteiger partial charge on any atom is 0.236 e. The lowest BCUT2D eigenvalue weighted by atomic mass is 9.98. The monoisotopic (exact) mass is 244 g/mol. The second kappa shape index (κ2) is 8.48. The normalized spacial score (nSPS) is 13.5. The molecule has 0 radical (unpaired) electrons. The Morgan fingerprint density at radius 1 is 1.41 bits per heavy atom. The van der Waals surface area contributed by atoms with E-state index in [4.69, 9.17) is 4.74 Å². The molecule has 0 heterocycles. The Morgan fingerprint density at radius 2 is 2.06 bits per heavy atom. The van der Waals surface area contributed by atoms with E-state index in [-0.39, 0.29) is 17.5 Å². The fourth-order valence-electron chi connectivity index (χ4n) is 1.93. The van der Waals surface area contributed by atoms with Crippen LogP contribution in [0.2, 0.25) is 0 Å². The molecule has 0 aliphatic heterocycles. The molecule has 0 aromatic carbocycles. The number of amides is 1. The lowest BCUT2D eigenvalue weighted by Crippen LogP contribution is -2.51. The zero-order chi connectivity index (χ0) is 13.3. The summed E-state index contributed by atoms with van der Waals surface area (Å²) in [5.74, 6) is 0.0604. The van der Waals surface area contributed by atoms with Crippen molar-refractivity contribution in [1.82, 2.24) is 10.6 Å². The van der Waals surface area contributed by atoms with E-state index in [2.05, 4.69) is 31.4 Å². The molecule has 2 N–H and O–H groups in total. The van der Waals surface area contributed by atoms with Gasteiger partial charge in [0.1, 0.15) is 0 Å². The van der Waals surface area contributed by atoms with Crippen molar-refractivity contribution in [2.45, 2.75) is 58.5 Å². The van der Waals surface area contributed by atoms with Crippen LogP contribution in [0.25, 0.3) is 0 Å². The van der Waals surface area contributed by atoms with E-state index in [1.807, 2.05) is 6.92 Å². The molecule has 0 saturated carbocycles. The van der Waals surface area contributed by atoms with Crippen LogP contribution in [0, 0.1) is 0 Å². The van der Waals surface area contributed by atoms with Gasteiger partial charge in [-0.05, 0) is 33.6 Å². The largest absolute Gasteiger partial charge is 0.385 e. The fraction of sp³-hybridized carbons (Fsp3) is 0.923. The van der Waals surface area contributed by atoms with E-state index >= 15 is 0 Å². The summed E-state index contributed by atoms with van der Waals surface area (Å²) in [4.78, 5) is 11.8. The summed E-state index contributed by atoms with van der Waals surface area (Å²) in [6.45, 7) is 9.68. The molecule has 0 rings (SSSR count). The minimum Gasteiger partial charge on any atom is -0.385 e. The lowest BCUT2D eigenvalue weighted by molar-refractivity contribution is -0.123. The number of hydrogen-bond acceptors (Lipinski definition) is 3. The summed E-state index contributed by atoms with van der Waals surface area (Å²) in [5.41, 5.74) is 0.0119. The van der Waals surface area contributed by atoms with E-state index in [9.17, 15) is 4.79 Å². The third-order valence-electron chi connectivity index (χ3n) is 2.70. The van der Waals surface area contributed by atoms with Gasteiger partial charge in [-0.1, -0.05) is 13.3 Å². The van der Waals surface area contributed by atoms with Crippen LogP contribution in [0.15, 0.2) is 0 Å². The Hall–Kier alpha value is -0.610. The quantitative estimate of drug-likeness (QED) is 0.607. The first-order valence-electron chi connectivity index (χ1n) is 6.47. The summed E-state index contributed by atoms with van der Waals surface area (Å²) in [5, 5.41) is 6.26. The van der Waals surface area contributed by atoms with Crippen molar-refractivity contribution in [1.29, 1.82) is 0 Å². The highest BCUT2D eigenvalue weighted by atomic mass is 16.5. The van der Waals surface area contributed by atoms with Gasteiger partial charge in [-0.2, -0.15) is 0 Å². The molecule has 0 aliphatic rings. The molecule has 0 fully saturated rings. The van der Waals surface area contributed by atoms with Crippen molar-refractivity contribution < 1.29 is 9.53 Å². The average Bonchev–Trinajstić information content (AvgIpc) is 2.23. The van der Waals surface area contributed by atoms with Crippen LogP contribution in [0.1, 0.15) is 47.0 Å². The van der Waals surface area contributed by atoms with Crippen LogP contribution >= 0.6 is 0 Å². The molecule has 0 bridgehead atoms. The predicted octanol–water partition coefficient (Wildman–Crippen LogP) is 1.70. The first-order chi connectivity index (χ1) is 7.93. The van der Waals surface area contributed by atoms with E-state index in [1.54, 1.807) is 7.11 Å². The molecule has 0 saturated heterocycles. The van der Waals surface area contributed by atoms with Crippen LogP contribution < -0.4 is 10.6 Å². The first-order valence-corrected chi connectivity index (χ1v) is 6.47. The number of rotatable bonds is 9. The number of carbonyl (C=O) groups is 1. The summed E-state index contributed by atoms with van der Waals surface area (Å²) < 4.78 is 4.93. The molecular formula is C13H28N2O2. The van der Waals surface area contributed by atoms with Crippen LogP contribution in [0.4, 0.5) is 0 Å². The molecule has 4 heteroatoms. The second-order valence-corrected chi connectivity index (χ2v) is 5.14. The zero-order valence-corrected chi connectivity index (χ0v) is 11.9. The summed E-state index contributed by atoms with van der Waals surface area (Å²) in [7, 11) is 1.67. The molecule has 17 heavy (non-hydrogen) atoms. The topological polar surface area (TPSA) is 50.4 Å². The summed E-state index contributed by atoms with van der Waals surface area (Å²) in [6, 6.07) is -0.154. The Labute approximate surface area is 105 Å². The van der Waals surface area contributed by atoms with Gasteiger partial charge in [-0.25, -0.2) is 0 Å². The molecule has 0 aliphatic carbocycles. The summed E-state index contributed by atoms with van der Waals surface area (Å²) >= 11 is 0. The van der Waals surface area contributed by atoms with Crippen LogP contribution in [0.3, 0.4) is 0 Å². The van der Waals surface area contributed by atoms with Crippen molar-refractivity contribution in [3.05, 3.63) is 0 Å². The van der Waals surface area contributed by atoms with E-state index in [0.717, 1.165) is 19.3 Å². The van der Waals surface area contributed by atoms with Gasteiger partial charge in [0, 0.05) is 25.8 Å². The highest BCUT2D eigenvalue weighted by molar-refractivity contribution is 5.81. The van der Waals surface area contributed by atoms with E-state index < -0.39 is 0 Å². The number of hydrogen-bond donors (Lipinski definition) is 2. The third kappa shape index (κ3) is 8.16. The van der Waals surface area contributed by atoms with E-state index in [0.29, 0.717) is 13.2 Å². The van der Waals surface area contributed by atoms with Gasteiger partial charge >= 0.3 is 0 Å². The first kappa shape index (κ1) is 16.4. The maximum atomic E-state index is 11.8. The van der Waals surface area contributed by atoms with Gasteiger partial charge in [0.2, 0.25) is 5.91 Å². The lowest BCUT2D eigenvalue weighted by Gasteiger charge is -2.29. The molecule has 102 valence electrons. The smallest absolute Gasteiger partial charge is 0.236 e. The molecule has 1 atom stereocenters. The Bertz CT molecular complexity index is 217. The van der Waals surface area contributed by atoms with Gasteiger partial charge in [0.05, 0.1) is 6.04 Å². The zero-order valence-electron chi connectivity index (χ0n) is 11.9. The molecule has 0 spiro atoms. The molecule has 4 nitrogen and oxygen atoms in total. The fourth-order valence-corrected chi connectivity index (χ4v) is 1.93. The highest BCUT2D eigenvalue weighted by Gasteiger charge is 2.22. The molecular weight excluding hydrogens is 216 g/mol. The van der Waals surface area contributed by atoms with Crippen LogP contribution in [0.5, 0.6) is 0 Å². The third-order valence-corrected chi connectivity index (χ3v) is 2.70. The minimum atomic E-state index is -0.154. The summed E-state index contributed by atoms with van der Waals surface area (Å²) in [6.07, 6.45) is 3.03. The highest BCUT2D eigenvalue weighted by Crippen LogP contribution is 2.11. The SMILES string of the molecule is CCCC(C)(C)NC(C)C(=O)NCCCOC. The Kier molecular flexibility index (Phi) is 8.17. The average molecular weight is 244 g/mol. The van der Waals surface area contributed by atoms with Gasteiger partial charge in [0.25, 0.3) is 0 Å². The van der Waals surface area contributed by atoms with Gasteiger partial charge in [-0.15, -0.1) is 0 Å². The number of ether oxygens (including phenoxy) is 1. The van der Waals surface area contributed by atoms with Crippen molar-refractivity contribution >= 4 is 5.91 Å². The van der Waals surface area contributed by atoms with Gasteiger partial charge in [0.15, 0.2) is 0 Å². The number of methoxy groups -OCH3 is 1. The van der Waals surface area contributed by atoms with Crippen LogP contribution in [-0.4, -0.2) is 37.7 Å². The van der Waals surface area contributed by atoms with Gasteiger partial charge in [-0.3, -0.25) is 4.79 Å². The standard InChI is InChI=1S/C13H28N2O2/c1-6-8-13(3,4)15-11(2)12(16)14-9-7-10-17-5/h11,15H,6-10H2,1-5H3,(H,14,16). The molecule has 0 aromatic heterocycles. The van der Waals surface area contributed by atoms with Crippen molar-refractivity contribution in [2.24, 2.45) is 0 Å². The van der Waals surface area contributed by atoms with Crippen molar-refractivity contribution in [3.63, 3.8) is 0 Å².